The van der Waals surface area contributed by atoms with Crippen LogP contribution < -0.4 is 5.32 Å². The van der Waals surface area contributed by atoms with Crippen LogP contribution in [-0.4, -0.2) is 16.0 Å². The molecular formula is C20H19BrClN3O2. The van der Waals surface area contributed by atoms with Gasteiger partial charge in [-0.25, -0.2) is 0 Å². The van der Waals surface area contributed by atoms with Crippen LogP contribution in [0.4, 0.5) is 0 Å². The molecule has 0 aliphatic heterocycles. The van der Waals surface area contributed by atoms with E-state index in [1.165, 1.54) is 0 Å². The summed E-state index contributed by atoms with van der Waals surface area (Å²) in [6, 6.07) is 14.9. The van der Waals surface area contributed by atoms with Gasteiger partial charge in [0.1, 0.15) is 0 Å². The average molecular weight is 449 g/mol. The maximum Gasteiger partial charge on any atom is 0.258 e. The first-order valence-corrected chi connectivity index (χ1v) is 9.86. The lowest BCUT2D eigenvalue weighted by molar-refractivity contribution is -0.121. The molecule has 3 rings (SSSR count). The number of carbonyl (C=O) groups is 1. The Hall–Kier alpha value is -2.18. The minimum atomic E-state index is -0.298. The summed E-state index contributed by atoms with van der Waals surface area (Å²) in [5.74, 6) is 0.823. The zero-order chi connectivity index (χ0) is 19.2. The number of carbonyl (C=O) groups excluding carboxylic acids is 1. The van der Waals surface area contributed by atoms with Crippen LogP contribution in [0.15, 0.2) is 57.5 Å². The van der Waals surface area contributed by atoms with Crippen LogP contribution in [0.25, 0.3) is 11.5 Å². The maximum absolute atomic E-state index is 12.3. The molecule has 5 nitrogen and oxygen atoms in total. The van der Waals surface area contributed by atoms with Crippen molar-refractivity contribution >= 4 is 33.4 Å². The van der Waals surface area contributed by atoms with Crippen molar-refractivity contribution in [2.24, 2.45) is 0 Å². The summed E-state index contributed by atoms with van der Waals surface area (Å²) in [6.45, 7) is 1.97. The SMILES string of the molecule is CC[C@H](NC(=O)CCc1ccccc1Cl)c1noc(-c2cccc(Br)c2)n1. The van der Waals surface area contributed by atoms with Crippen LogP contribution in [0.1, 0.15) is 37.2 Å². The molecule has 0 bridgehead atoms. The number of rotatable bonds is 7. The third-order valence-corrected chi connectivity index (χ3v) is 5.01. The fourth-order valence-electron chi connectivity index (χ4n) is 2.68. The van der Waals surface area contributed by atoms with Crippen molar-refractivity contribution in [1.82, 2.24) is 15.5 Å². The standard InChI is InChI=1S/C20H19BrClN3O2/c1-2-17(23-18(26)11-10-13-6-3-4-9-16(13)22)19-24-20(27-25-19)14-7-5-8-15(21)12-14/h3-9,12,17H,2,10-11H2,1H3,(H,23,26)/t17-/m0/s1. The van der Waals surface area contributed by atoms with E-state index >= 15 is 0 Å². The van der Waals surface area contributed by atoms with E-state index in [9.17, 15) is 4.79 Å². The van der Waals surface area contributed by atoms with Gasteiger partial charge in [-0.15, -0.1) is 0 Å². The normalized spacial score (nSPS) is 12.0. The van der Waals surface area contributed by atoms with E-state index in [0.29, 0.717) is 36.0 Å². The molecule has 140 valence electrons. The number of benzene rings is 2. The summed E-state index contributed by atoms with van der Waals surface area (Å²) in [7, 11) is 0. The van der Waals surface area contributed by atoms with Gasteiger partial charge in [0.05, 0.1) is 6.04 Å². The van der Waals surface area contributed by atoms with E-state index in [1.54, 1.807) is 0 Å². The van der Waals surface area contributed by atoms with Gasteiger partial charge in [-0.1, -0.05) is 63.9 Å². The molecule has 7 heteroatoms. The first kappa shape index (κ1) is 19.6. The lowest BCUT2D eigenvalue weighted by Crippen LogP contribution is -2.29. The van der Waals surface area contributed by atoms with Gasteiger partial charge >= 0.3 is 0 Å². The highest BCUT2D eigenvalue weighted by Crippen LogP contribution is 2.24. The molecule has 0 aliphatic rings. The van der Waals surface area contributed by atoms with E-state index < -0.39 is 0 Å². The molecule has 0 unspecified atom stereocenters. The Bertz CT molecular complexity index is 929. The zero-order valence-electron chi connectivity index (χ0n) is 14.8. The fourth-order valence-corrected chi connectivity index (χ4v) is 3.31. The van der Waals surface area contributed by atoms with Crippen LogP contribution in [-0.2, 0) is 11.2 Å². The van der Waals surface area contributed by atoms with E-state index in [4.69, 9.17) is 16.1 Å². The van der Waals surface area contributed by atoms with Crippen LogP contribution in [0.5, 0.6) is 0 Å². The molecule has 1 heterocycles. The van der Waals surface area contributed by atoms with Crippen molar-refractivity contribution in [3.63, 3.8) is 0 Å². The molecule has 27 heavy (non-hydrogen) atoms. The molecule has 0 fully saturated rings. The van der Waals surface area contributed by atoms with Crippen molar-refractivity contribution in [3.05, 3.63) is 69.4 Å². The van der Waals surface area contributed by atoms with E-state index in [1.807, 2.05) is 55.5 Å². The molecule has 1 amide bonds. The molecule has 0 saturated heterocycles. The number of amides is 1. The van der Waals surface area contributed by atoms with E-state index in [0.717, 1.165) is 15.6 Å². The Balaban J connectivity index is 1.63. The number of nitrogens with zero attached hydrogens (tertiary/aromatic N) is 2. The van der Waals surface area contributed by atoms with Crippen LogP contribution in [0.3, 0.4) is 0 Å². The van der Waals surface area contributed by atoms with Crippen molar-refractivity contribution in [2.75, 3.05) is 0 Å². The van der Waals surface area contributed by atoms with Gasteiger partial charge in [0, 0.05) is 21.5 Å². The summed E-state index contributed by atoms with van der Waals surface area (Å²) in [5.41, 5.74) is 1.78. The van der Waals surface area contributed by atoms with Gasteiger partial charge in [-0.2, -0.15) is 4.98 Å². The molecular weight excluding hydrogens is 430 g/mol. The van der Waals surface area contributed by atoms with Gasteiger partial charge in [-0.05, 0) is 42.7 Å². The van der Waals surface area contributed by atoms with Crippen LogP contribution in [0, 0.1) is 0 Å². The van der Waals surface area contributed by atoms with Crippen LogP contribution >= 0.6 is 27.5 Å². The predicted octanol–water partition coefficient (Wildman–Crippen LogP) is 5.35. The molecule has 1 aromatic heterocycles. The Morgan fingerprint density at radius 3 is 2.81 bits per heavy atom. The Morgan fingerprint density at radius 1 is 1.26 bits per heavy atom. The Labute approximate surface area is 171 Å². The van der Waals surface area contributed by atoms with Crippen molar-refractivity contribution in [2.45, 2.75) is 32.2 Å². The number of hydrogen-bond acceptors (Lipinski definition) is 4. The monoisotopic (exact) mass is 447 g/mol. The van der Waals surface area contributed by atoms with E-state index in [2.05, 4.69) is 31.4 Å². The summed E-state index contributed by atoms with van der Waals surface area (Å²) >= 11 is 9.57. The minimum Gasteiger partial charge on any atom is -0.346 e. The molecule has 3 aromatic rings. The lowest BCUT2D eigenvalue weighted by Gasteiger charge is -2.13. The maximum atomic E-state index is 12.3. The van der Waals surface area contributed by atoms with Gasteiger partial charge < -0.3 is 9.84 Å². The van der Waals surface area contributed by atoms with Gasteiger partial charge in [0.2, 0.25) is 5.91 Å². The fraction of sp³-hybridized carbons (Fsp3) is 0.250. The topological polar surface area (TPSA) is 68.0 Å². The second-order valence-electron chi connectivity index (χ2n) is 6.09. The molecule has 0 aliphatic carbocycles. The molecule has 1 atom stereocenters. The van der Waals surface area contributed by atoms with Gasteiger partial charge in [0.15, 0.2) is 5.82 Å². The van der Waals surface area contributed by atoms with E-state index in [-0.39, 0.29) is 11.9 Å². The number of nitrogens with one attached hydrogen (secondary N) is 1. The first-order valence-electron chi connectivity index (χ1n) is 8.69. The molecule has 0 saturated carbocycles. The van der Waals surface area contributed by atoms with Crippen LogP contribution in [0.2, 0.25) is 5.02 Å². The number of hydrogen-bond donors (Lipinski definition) is 1. The summed E-state index contributed by atoms with van der Waals surface area (Å²) in [6.07, 6.45) is 1.59. The Kier molecular flexibility index (Phi) is 6.63. The van der Waals surface area contributed by atoms with Crippen molar-refractivity contribution in [1.29, 1.82) is 0 Å². The molecule has 0 radical (unpaired) electrons. The third-order valence-electron chi connectivity index (χ3n) is 4.15. The molecule has 0 spiro atoms. The highest BCUT2D eigenvalue weighted by Gasteiger charge is 2.19. The summed E-state index contributed by atoms with van der Waals surface area (Å²) < 4.78 is 6.29. The van der Waals surface area contributed by atoms with Crippen molar-refractivity contribution < 1.29 is 9.32 Å². The molecule has 2 aromatic carbocycles. The minimum absolute atomic E-state index is 0.0735. The number of aromatic nitrogens is 2. The average Bonchev–Trinajstić information content (AvgIpc) is 3.15. The second kappa shape index (κ2) is 9.15. The smallest absolute Gasteiger partial charge is 0.258 e. The van der Waals surface area contributed by atoms with Gasteiger partial charge in [0.25, 0.3) is 5.89 Å². The Morgan fingerprint density at radius 2 is 2.07 bits per heavy atom. The van der Waals surface area contributed by atoms with Crippen molar-refractivity contribution in [3.8, 4) is 11.5 Å². The number of aryl methyl sites for hydroxylation is 1. The lowest BCUT2D eigenvalue weighted by atomic mass is 10.1. The van der Waals surface area contributed by atoms with Gasteiger partial charge in [-0.3, -0.25) is 4.79 Å². The third kappa shape index (κ3) is 5.17. The second-order valence-corrected chi connectivity index (χ2v) is 7.41. The molecule has 1 N–H and O–H groups in total. The highest BCUT2D eigenvalue weighted by atomic mass is 79.9. The zero-order valence-corrected chi connectivity index (χ0v) is 17.1. The first-order chi connectivity index (χ1) is 13.1. The predicted molar refractivity (Wildman–Crippen MR) is 108 cm³/mol. The summed E-state index contributed by atoms with van der Waals surface area (Å²) in [5, 5.41) is 7.69. The number of halogens is 2. The quantitative estimate of drug-likeness (QED) is 0.529. The summed E-state index contributed by atoms with van der Waals surface area (Å²) in [4.78, 5) is 16.8. The highest BCUT2D eigenvalue weighted by molar-refractivity contribution is 9.10. The largest absolute Gasteiger partial charge is 0.346 e.